The van der Waals surface area contributed by atoms with Gasteiger partial charge in [0.25, 0.3) is 16.6 Å². The molecule has 1 fully saturated rings. The van der Waals surface area contributed by atoms with E-state index >= 15 is 0 Å². The molecule has 0 aliphatic heterocycles. The standard InChI is InChI=1S/C38H48O2Si2/c1-37(2,3)41(31-21-11-7-12-22-31,32-23-13-8-14-24-32)39-35-29-19-20-30-36(35)40-42(38(4,5)6,33-25-15-9-16-26-33)34-27-17-10-18-28-34/h7-18,21-28,35-36H,19-20,29-30H2,1-6H3/t35-,36-/m1/s1. The smallest absolute Gasteiger partial charge is 0.261 e. The minimum Gasteiger partial charge on any atom is -0.402 e. The number of hydrogen-bond donors (Lipinski definition) is 0. The van der Waals surface area contributed by atoms with Crippen molar-refractivity contribution >= 4 is 37.4 Å². The monoisotopic (exact) mass is 592 g/mol. The molecular weight excluding hydrogens is 545 g/mol. The molecule has 42 heavy (non-hydrogen) atoms. The minimum atomic E-state index is -2.72. The highest BCUT2D eigenvalue weighted by Crippen LogP contribution is 2.43. The normalized spacial score (nSPS) is 18.5. The van der Waals surface area contributed by atoms with Crippen molar-refractivity contribution in [3.63, 3.8) is 0 Å². The average molecular weight is 593 g/mol. The number of rotatable bonds is 8. The van der Waals surface area contributed by atoms with Crippen LogP contribution in [0.5, 0.6) is 0 Å². The molecular formula is C38H48O2Si2. The van der Waals surface area contributed by atoms with Gasteiger partial charge in [-0.2, -0.15) is 0 Å². The SMILES string of the molecule is CC(C)(C)[Si](O[C@@H]1CCCC[C@H]1O[Si](c1ccccc1)(c1ccccc1)C(C)(C)C)(c1ccccc1)c1ccccc1. The Morgan fingerprint density at radius 1 is 0.429 bits per heavy atom. The first-order valence-electron chi connectivity index (χ1n) is 15.7. The molecule has 220 valence electrons. The van der Waals surface area contributed by atoms with Crippen LogP contribution < -0.4 is 20.7 Å². The summed E-state index contributed by atoms with van der Waals surface area (Å²) < 4.78 is 15.6. The molecule has 1 saturated carbocycles. The highest BCUT2D eigenvalue weighted by molar-refractivity contribution is 7.00. The van der Waals surface area contributed by atoms with Crippen molar-refractivity contribution in [2.75, 3.05) is 0 Å². The van der Waals surface area contributed by atoms with Gasteiger partial charge in [0, 0.05) is 0 Å². The van der Waals surface area contributed by atoms with Gasteiger partial charge in [0.1, 0.15) is 0 Å². The van der Waals surface area contributed by atoms with Gasteiger partial charge in [-0.3, -0.25) is 0 Å². The van der Waals surface area contributed by atoms with E-state index in [2.05, 4.69) is 163 Å². The zero-order chi connectivity index (χ0) is 29.8. The fourth-order valence-corrected chi connectivity index (χ4v) is 16.6. The Labute approximate surface area is 256 Å². The lowest BCUT2D eigenvalue weighted by Gasteiger charge is -2.50. The molecule has 5 rings (SSSR count). The second kappa shape index (κ2) is 12.5. The van der Waals surface area contributed by atoms with Crippen LogP contribution in [0.4, 0.5) is 0 Å². The van der Waals surface area contributed by atoms with Gasteiger partial charge in [-0.1, -0.05) is 176 Å². The Kier molecular flexibility index (Phi) is 9.10. The van der Waals surface area contributed by atoms with Crippen LogP contribution in [-0.2, 0) is 8.85 Å². The van der Waals surface area contributed by atoms with Gasteiger partial charge >= 0.3 is 0 Å². The van der Waals surface area contributed by atoms with Crippen molar-refractivity contribution in [3.05, 3.63) is 121 Å². The second-order valence-electron chi connectivity index (χ2n) is 13.9. The molecule has 2 atom stereocenters. The third-order valence-electron chi connectivity index (χ3n) is 9.13. The van der Waals surface area contributed by atoms with E-state index in [9.17, 15) is 0 Å². The quantitative estimate of drug-likeness (QED) is 0.198. The fourth-order valence-electron chi connectivity index (χ4n) is 7.17. The van der Waals surface area contributed by atoms with E-state index in [1.807, 2.05) is 0 Å². The summed E-state index contributed by atoms with van der Waals surface area (Å²) in [5, 5.41) is 5.18. The van der Waals surface area contributed by atoms with Gasteiger partial charge in [0.2, 0.25) is 0 Å². The lowest BCUT2D eigenvalue weighted by Crippen LogP contribution is -2.71. The van der Waals surface area contributed by atoms with Crippen LogP contribution in [0, 0.1) is 0 Å². The first-order chi connectivity index (χ1) is 20.1. The van der Waals surface area contributed by atoms with Crippen LogP contribution >= 0.6 is 0 Å². The van der Waals surface area contributed by atoms with Crippen LogP contribution in [-0.4, -0.2) is 28.8 Å². The lowest BCUT2D eigenvalue weighted by atomic mass is 9.95. The zero-order valence-corrected chi connectivity index (χ0v) is 28.3. The van der Waals surface area contributed by atoms with Crippen LogP contribution in [0.3, 0.4) is 0 Å². The molecule has 1 aliphatic carbocycles. The van der Waals surface area contributed by atoms with Crippen molar-refractivity contribution in [1.82, 2.24) is 0 Å². The topological polar surface area (TPSA) is 18.5 Å². The third kappa shape index (κ3) is 5.75. The summed E-state index contributed by atoms with van der Waals surface area (Å²) >= 11 is 0. The molecule has 2 nitrogen and oxygen atoms in total. The van der Waals surface area contributed by atoms with Gasteiger partial charge in [-0.25, -0.2) is 0 Å². The van der Waals surface area contributed by atoms with E-state index in [0.29, 0.717) is 0 Å². The maximum Gasteiger partial charge on any atom is 0.261 e. The van der Waals surface area contributed by atoms with Gasteiger partial charge in [0.15, 0.2) is 0 Å². The second-order valence-corrected chi connectivity index (χ2v) is 22.4. The summed E-state index contributed by atoms with van der Waals surface area (Å²) in [6, 6.07) is 44.2. The summed E-state index contributed by atoms with van der Waals surface area (Å²) in [6.45, 7) is 14.3. The van der Waals surface area contributed by atoms with Crippen LogP contribution in [0.1, 0.15) is 67.2 Å². The Balaban J connectivity index is 1.65. The van der Waals surface area contributed by atoms with Crippen molar-refractivity contribution in [2.24, 2.45) is 0 Å². The molecule has 0 bridgehead atoms. The largest absolute Gasteiger partial charge is 0.402 e. The Bertz CT molecular complexity index is 1200. The highest BCUT2D eigenvalue weighted by atomic mass is 28.4. The molecule has 0 radical (unpaired) electrons. The fraction of sp³-hybridized carbons (Fsp3) is 0.368. The van der Waals surface area contributed by atoms with Crippen LogP contribution in [0.25, 0.3) is 0 Å². The van der Waals surface area contributed by atoms with Gasteiger partial charge < -0.3 is 8.85 Å². The molecule has 0 spiro atoms. The van der Waals surface area contributed by atoms with Crippen molar-refractivity contribution in [2.45, 2.75) is 89.5 Å². The maximum atomic E-state index is 7.79. The Morgan fingerprint density at radius 2 is 0.667 bits per heavy atom. The minimum absolute atomic E-state index is 0.0201. The molecule has 0 amide bonds. The summed E-state index contributed by atoms with van der Waals surface area (Å²) in [6.07, 6.45) is 4.42. The Morgan fingerprint density at radius 3 is 0.881 bits per heavy atom. The number of hydrogen-bond acceptors (Lipinski definition) is 2. The lowest BCUT2D eigenvalue weighted by molar-refractivity contribution is 0.0112. The number of benzene rings is 4. The molecule has 0 aromatic heterocycles. The zero-order valence-electron chi connectivity index (χ0n) is 26.3. The van der Waals surface area contributed by atoms with E-state index in [1.165, 1.54) is 33.6 Å². The maximum absolute atomic E-state index is 7.79. The van der Waals surface area contributed by atoms with Gasteiger partial charge in [-0.15, -0.1) is 0 Å². The molecule has 0 heterocycles. The molecule has 4 heteroatoms. The summed E-state index contributed by atoms with van der Waals surface area (Å²) in [5.41, 5.74) is 0. The molecule has 4 aromatic carbocycles. The van der Waals surface area contributed by atoms with E-state index in [1.54, 1.807) is 0 Å². The van der Waals surface area contributed by atoms with Crippen molar-refractivity contribution in [1.29, 1.82) is 0 Å². The third-order valence-corrected chi connectivity index (χ3v) is 19.3. The van der Waals surface area contributed by atoms with Crippen molar-refractivity contribution < 1.29 is 8.85 Å². The van der Waals surface area contributed by atoms with Crippen molar-refractivity contribution in [3.8, 4) is 0 Å². The summed E-state index contributed by atoms with van der Waals surface area (Å²) in [4.78, 5) is 0. The van der Waals surface area contributed by atoms with Gasteiger partial charge in [0.05, 0.1) is 12.2 Å². The molecule has 0 saturated heterocycles. The van der Waals surface area contributed by atoms with E-state index < -0.39 is 16.6 Å². The molecule has 0 N–H and O–H groups in total. The predicted octanol–water partition coefficient (Wildman–Crippen LogP) is 7.45. The first kappa shape index (κ1) is 30.7. The molecule has 0 unspecified atom stereocenters. The van der Waals surface area contributed by atoms with Gasteiger partial charge in [-0.05, 0) is 43.7 Å². The van der Waals surface area contributed by atoms with E-state index in [4.69, 9.17) is 8.85 Å². The first-order valence-corrected chi connectivity index (χ1v) is 19.5. The molecule has 1 aliphatic rings. The van der Waals surface area contributed by atoms with E-state index in [-0.39, 0.29) is 22.3 Å². The Hall–Kier alpha value is -2.77. The average Bonchev–Trinajstić information content (AvgIpc) is 3.00. The van der Waals surface area contributed by atoms with Crippen LogP contribution in [0.15, 0.2) is 121 Å². The van der Waals surface area contributed by atoms with E-state index in [0.717, 1.165) is 12.8 Å². The summed E-state index contributed by atoms with van der Waals surface area (Å²) in [5.74, 6) is 0. The van der Waals surface area contributed by atoms with Crippen LogP contribution in [0.2, 0.25) is 10.1 Å². The summed E-state index contributed by atoms with van der Waals surface area (Å²) in [7, 11) is -5.45. The highest BCUT2D eigenvalue weighted by Gasteiger charge is 2.55. The predicted molar refractivity (Wildman–Crippen MR) is 183 cm³/mol. The molecule has 4 aromatic rings.